The van der Waals surface area contributed by atoms with Crippen molar-refractivity contribution in [2.45, 2.75) is 19.3 Å². The van der Waals surface area contributed by atoms with E-state index < -0.39 is 0 Å². The molecule has 0 amide bonds. The first-order valence-corrected chi connectivity index (χ1v) is 17.3. The van der Waals surface area contributed by atoms with E-state index in [9.17, 15) is 0 Å². The Labute approximate surface area is 286 Å². The zero-order valence-electron chi connectivity index (χ0n) is 27.7. The van der Waals surface area contributed by atoms with Crippen LogP contribution in [0.5, 0.6) is 0 Å². The Balaban J connectivity index is 1.13. The van der Waals surface area contributed by atoms with Crippen molar-refractivity contribution in [3.63, 3.8) is 0 Å². The molecule has 0 nitrogen and oxygen atoms in total. The van der Waals surface area contributed by atoms with E-state index in [2.05, 4.69) is 184 Å². The number of rotatable bonds is 3. The highest BCUT2D eigenvalue weighted by molar-refractivity contribution is 6.21. The molecular formula is C49H34. The lowest BCUT2D eigenvalue weighted by molar-refractivity contribution is 0.661. The van der Waals surface area contributed by atoms with Gasteiger partial charge in [0.25, 0.3) is 0 Å². The van der Waals surface area contributed by atoms with Crippen LogP contribution in [0.3, 0.4) is 0 Å². The molecule has 230 valence electrons. The van der Waals surface area contributed by atoms with E-state index in [1.54, 1.807) is 0 Å². The Morgan fingerprint density at radius 2 is 0.816 bits per heavy atom. The molecule has 1 aliphatic carbocycles. The molecule has 0 unspecified atom stereocenters. The third-order valence-corrected chi connectivity index (χ3v) is 11.0. The van der Waals surface area contributed by atoms with Gasteiger partial charge in [-0.25, -0.2) is 0 Å². The van der Waals surface area contributed by atoms with Crippen molar-refractivity contribution < 1.29 is 0 Å². The van der Waals surface area contributed by atoms with Crippen LogP contribution in [0.15, 0.2) is 170 Å². The standard InChI is InChI=1S/C49H34/c1-49(2)44-22-11-10-19-43(44)48-38-21-12-20-36(37(38)27-28-45(48)49)34-25-23-33-30-35(26-24-32(33)29-34)47-41-17-8-6-15-39(41)46(31-13-4-3-5-14-31)40-16-7-9-18-42(40)47/h3-30H,1-2H3. The second-order valence-corrected chi connectivity index (χ2v) is 14.0. The third kappa shape index (κ3) is 4.11. The lowest BCUT2D eigenvalue weighted by Gasteiger charge is -2.21. The van der Waals surface area contributed by atoms with Crippen molar-refractivity contribution in [2.24, 2.45) is 0 Å². The molecule has 0 fully saturated rings. The molecule has 49 heavy (non-hydrogen) atoms. The largest absolute Gasteiger partial charge is 0.0622 e. The van der Waals surface area contributed by atoms with Crippen LogP contribution in [-0.2, 0) is 5.41 Å². The molecule has 0 N–H and O–H groups in total. The van der Waals surface area contributed by atoms with Crippen LogP contribution in [-0.4, -0.2) is 0 Å². The number of fused-ring (bicyclic) bond motifs is 8. The summed E-state index contributed by atoms with van der Waals surface area (Å²) in [7, 11) is 0. The molecule has 9 aromatic rings. The van der Waals surface area contributed by atoms with Gasteiger partial charge >= 0.3 is 0 Å². The van der Waals surface area contributed by atoms with E-state index in [0.717, 1.165) is 0 Å². The summed E-state index contributed by atoms with van der Waals surface area (Å²) in [6.45, 7) is 4.71. The molecule has 9 aromatic carbocycles. The zero-order valence-corrected chi connectivity index (χ0v) is 27.7. The topological polar surface area (TPSA) is 0 Å². The number of benzene rings is 9. The molecule has 0 saturated heterocycles. The highest BCUT2D eigenvalue weighted by Crippen LogP contribution is 2.52. The minimum atomic E-state index is -0.00467. The first-order valence-electron chi connectivity index (χ1n) is 17.3. The van der Waals surface area contributed by atoms with Gasteiger partial charge in [0.15, 0.2) is 0 Å². The minimum Gasteiger partial charge on any atom is -0.0622 e. The Kier molecular flexibility index (Phi) is 6.02. The first-order chi connectivity index (χ1) is 24.1. The van der Waals surface area contributed by atoms with Crippen LogP contribution >= 0.6 is 0 Å². The Morgan fingerprint density at radius 1 is 0.306 bits per heavy atom. The zero-order chi connectivity index (χ0) is 32.7. The predicted molar refractivity (Wildman–Crippen MR) is 210 cm³/mol. The van der Waals surface area contributed by atoms with Crippen molar-refractivity contribution >= 4 is 43.1 Å². The molecule has 0 aromatic heterocycles. The minimum absolute atomic E-state index is 0.00467. The highest BCUT2D eigenvalue weighted by atomic mass is 14.4. The quantitative estimate of drug-likeness (QED) is 0.172. The molecule has 0 bridgehead atoms. The molecular weight excluding hydrogens is 589 g/mol. The normalized spacial score (nSPS) is 13.3. The SMILES string of the molecule is CC1(C)c2ccccc2-c2c1ccc1c(-c3ccc4cc(-c5c6ccccc6c(-c6ccccc6)c6ccccc56)ccc4c3)cccc21. The maximum Gasteiger partial charge on any atom is 0.0159 e. The smallest absolute Gasteiger partial charge is 0.0159 e. The van der Waals surface area contributed by atoms with Crippen molar-refractivity contribution in [1.82, 2.24) is 0 Å². The molecule has 0 radical (unpaired) electrons. The van der Waals surface area contributed by atoms with Crippen molar-refractivity contribution in [3.05, 3.63) is 181 Å². The van der Waals surface area contributed by atoms with Crippen LogP contribution in [0.25, 0.3) is 87.6 Å². The lowest BCUT2D eigenvalue weighted by atomic mass is 9.82. The average Bonchev–Trinajstić information content (AvgIpc) is 3.39. The van der Waals surface area contributed by atoms with Gasteiger partial charge in [0.1, 0.15) is 0 Å². The summed E-state index contributed by atoms with van der Waals surface area (Å²) >= 11 is 0. The maximum atomic E-state index is 2.38. The average molecular weight is 623 g/mol. The molecule has 0 spiro atoms. The molecule has 0 saturated carbocycles. The van der Waals surface area contributed by atoms with Gasteiger partial charge in [-0.2, -0.15) is 0 Å². The lowest BCUT2D eigenvalue weighted by Crippen LogP contribution is -2.14. The summed E-state index contributed by atoms with van der Waals surface area (Å²) in [5, 5.41) is 10.3. The summed E-state index contributed by atoms with van der Waals surface area (Å²) in [4.78, 5) is 0. The summed E-state index contributed by atoms with van der Waals surface area (Å²) in [5.41, 5.74) is 13.2. The van der Waals surface area contributed by atoms with Crippen LogP contribution in [0.4, 0.5) is 0 Å². The molecule has 0 heteroatoms. The fourth-order valence-electron chi connectivity index (χ4n) is 8.74. The van der Waals surface area contributed by atoms with Gasteiger partial charge in [-0.3, -0.25) is 0 Å². The summed E-state index contributed by atoms with van der Waals surface area (Å²) in [5.74, 6) is 0. The summed E-state index contributed by atoms with van der Waals surface area (Å²) in [6, 6.07) is 63.1. The van der Waals surface area contributed by atoms with E-state index in [1.807, 2.05) is 0 Å². The van der Waals surface area contributed by atoms with E-state index in [4.69, 9.17) is 0 Å². The predicted octanol–water partition coefficient (Wildman–Crippen LogP) is 13.6. The molecule has 0 heterocycles. The van der Waals surface area contributed by atoms with E-state index in [1.165, 1.54) is 98.7 Å². The van der Waals surface area contributed by atoms with E-state index >= 15 is 0 Å². The second kappa shape index (κ2) is 10.5. The van der Waals surface area contributed by atoms with Crippen LogP contribution in [0.1, 0.15) is 25.0 Å². The molecule has 0 aliphatic heterocycles. The fraction of sp³-hybridized carbons (Fsp3) is 0.0612. The maximum absolute atomic E-state index is 2.38. The van der Waals surface area contributed by atoms with Gasteiger partial charge in [0.05, 0.1) is 0 Å². The Morgan fingerprint density at radius 3 is 1.51 bits per heavy atom. The van der Waals surface area contributed by atoms with Gasteiger partial charge < -0.3 is 0 Å². The van der Waals surface area contributed by atoms with Gasteiger partial charge in [-0.15, -0.1) is 0 Å². The van der Waals surface area contributed by atoms with Crippen LogP contribution < -0.4 is 0 Å². The van der Waals surface area contributed by atoms with Crippen LogP contribution in [0, 0.1) is 0 Å². The van der Waals surface area contributed by atoms with Crippen molar-refractivity contribution in [1.29, 1.82) is 0 Å². The monoisotopic (exact) mass is 622 g/mol. The van der Waals surface area contributed by atoms with E-state index in [0.29, 0.717) is 0 Å². The van der Waals surface area contributed by atoms with E-state index in [-0.39, 0.29) is 5.41 Å². The highest BCUT2D eigenvalue weighted by Gasteiger charge is 2.36. The molecule has 0 atom stereocenters. The van der Waals surface area contributed by atoms with Gasteiger partial charge in [0.2, 0.25) is 0 Å². The first kappa shape index (κ1) is 28.1. The Bertz CT molecular complexity index is 2720. The van der Waals surface area contributed by atoms with Crippen molar-refractivity contribution in [2.75, 3.05) is 0 Å². The molecule has 10 rings (SSSR count). The van der Waals surface area contributed by atoms with Gasteiger partial charge in [-0.05, 0) is 111 Å². The van der Waals surface area contributed by atoms with Gasteiger partial charge in [-0.1, -0.05) is 172 Å². The fourth-order valence-corrected chi connectivity index (χ4v) is 8.74. The van der Waals surface area contributed by atoms with Crippen LogP contribution in [0.2, 0.25) is 0 Å². The summed E-state index contributed by atoms with van der Waals surface area (Å²) < 4.78 is 0. The number of hydrogen-bond donors (Lipinski definition) is 0. The third-order valence-electron chi connectivity index (χ3n) is 11.0. The number of hydrogen-bond acceptors (Lipinski definition) is 0. The summed E-state index contributed by atoms with van der Waals surface area (Å²) in [6.07, 6.45) is 0. The second-order valence-electron chi connectivity index (χ2n) is 14.0. The Hall–Kier alpha value is -5.98. The van der Waals surface area contributed by atoms with Crippen molar-refractivity contribution in [3.8, 4) is 44.5 Å². The molecule has 1 aliphatic rings. The van der Waals surface area contributed by atoms with Gasteiger partial charge in [0, 0.05) is 5.41 Å².